The van der Waals surface area contributed by atoms with Gasteiger partial charge in [0.15, 0.2) is 6.29 Å². The molecule has 1 atom stereocenters. The zero-order valence-corrected chi connectivity index (χ0v) is 11.0. The van der Waals surface area contributed by atoms with E-state index in [-0.39, 0.29) is 0 Å². The Morgan fingerprint density at radius 2 is 2.22 bits per heavy atom. The number of pyridine rings is 1. The summed E-state index contributed by atoms with van der Waals surface area (Å²) in [6, 6.07) is 1.86. The van der Waals surface area contributed by atoms with Gasteiger partial charge >= 0.3 is 0 Å². The maximum Gasteiger partial charge on any atom is 0.151 e. The summed E-state index contributed by atoms with van der Waals surface area (Å²) < 4.78 is 0. The van der Waals surface area contributed by atoms with Crippen LogP contribution < -0.4 is 4.90 Å². The van der Waals surface area contributed by atoms with Crippen molar-refractivity contribution in [1.29, 1.82) is 0 Å². The van der Waals surface area contributed by atoms with Crippen molar-refractivity contribution in [2.45, 2.75) is 38.7 Å². The van der Waals surface area contributed by atoms with Crippen LogP contribution in [0.2, 0.25) is 0 Å². The molecule has 2 heterocycles. The predicted molar refractivity (Wildman–Crippen MR) is 71.0 cm³/mol. The Labute approximate surface area is 108 Å². The SMILES string of the molecule is Cc1cc(C=O)cnc1N1CCCC(C)(O)CC1. The summed E-state index contributed by atoms with van der Waals surface area (Å²) in [4.78, 5) is 17.3. The average molecular weight is 248 g/mol. The lowest BCUT2D eigenvalue weighted by Gasteiger charge is -2.24. The quantitative estimate of drug-likeness (QED) is 0.813. The number of rotatable bonds is 2. The van der Waals surface area contributed by atoms with E-state index in [4.69, 9.17) is 0 Å². The summed E-state index contributed by atoms with van der Waals surface area (Å²) in [5.41, 5.74) is 1.06. The van der Waals surface area contributed by atoms with Gasteiger partial charge in [-0.3, -0.25) is 4.79 Å². The predicted octanol–water partition coefficient (Wildman–Crippen LogP) is 1.94. The van der Waals surface area contributed by atoms with E-state index in [0.717, 1.165) is 50.0 Å². The van der Waals surface area contributed by atoms with E-state index >= 15 is 0 Å². The molecule has 0 amide bonds. The van der Waals surface area contributed by atoms with Crippen LogP contribution in [0.25, 0.3) is 0 Å². The van der Waals surface area contributed by atoms with Crippen molar-refractivity contribution in [3.05, 3.63) is 23.4 Å². The summed E-state index contributed by atoms with van der Waals surface area (Å²) in [7, 11) is 0. The Bertz CT molecular complexity index is 443. The smallest absolute Gasteiger partial charge is 0.151 e. The van der Waals surface area contributed by atoms with Gasteiger partial charge in [0.25, 0.3) is 0 Å². The van der Waals surface area contributed by atoms with Gasteiger partial charge in [0.2, 0.25) is 0 Å². The third kappa shape index (κ3) is 2.88. The molecule has 1 aliphatic heterocycles. The van der Waals surface area contributed by atoms with Crippen LogP contribution in [-0.4, -0.2) is 35.1 Å². The normalized spacial score (nSPS) is 24.7. The van der Waals surface area contributed by atoms with Crippen LogP contribution in [0.4, 0.5) is 5.82 Å². The van der Waals surface area contributed by atoms with Gasteiger partial charge in [0, 0.05) is 24.8 Å². The maximum absolute atomic E-state index is 10.7. The molecule has 0 spiro atoms. The lowest BCUT2D eigenvalue weighted by Crippen LogP contribution is -2.29. The van der Waals surface area contributed by atoms with Crippen LogP contribution in [0.3, 0.4) is 0 Å². The van der Waals surface area contributed by atoms with E-state index in [1.54, 1.807) is 6.20 Å². The number of aromatic nitrogens is 1. The van der Waals surface area contributed by atoms with Gasteiger partial charge in [-0.15, -0.1) is 0 Å². The van der Waals surface area contributed by atoms with Crippen LogP contribution in [0.15, 0.2) is 12.3 Å². The van der Waals surface area contributed by atoms with E-state index < -0.39 is 5.60 Å². The first-order valence-electron chi connectivity index (χ1n) is 6.41. The Balaban J connectivity index is 2.18. The van der Waals surface area contributed by atoms with Gasteiger partial charge < -0.3 is 10.0 Å². The summed E-state index contributed by atoms with van der Waals surface area (Å²) in [5.74, 6) is 0.929. The number of hydrogen-bond donors (Lipinski definition) is 1. The average Bonchev–Trinajstić information content (AvgIpc) is 2.50. The molecule has 1 aromatic rings. The molecule has 18 heavy (non-hydrogen) atoms. The molecule has 0 aromatic carbocycles. The molecule has 1 fully saturated rings. The van der Waals surface area contributed by atoms with Crippen molar-refractivity contribution in [3.63, 3.8) is 0 Å². The van der Waals surface area contributed by atoms with E-state index in [9.17, 15) is 9.90 Å². The van der Waals surface area contributed by atoms with Gasteiger partial charge in [-0.2, -0.15) is 0 Å². The fraction of sp³-hybridized carbons (Fsp3) is 0.571. The molecule has 1 saturated heterocycles. The van der Waals surface area contributed by atoms with E-state index in [1.165, 1.54) is 0 Å². The number of nitrogens with zero attached hydrogens (tertiary/aromatic N) is 2. The van der Waals surface area contributed by atoms with Crippen molar-refractivity contribution in [3.8, 4) is 0 Å². The van der Waals surface area contributed by atoms with Gasteiger partial charge in [-0.05, 0) is 44.7 Å². The number of aliphatic hydroxyl groups is 1. The lowest BCUT2D eigenvalue weighted by atomic mass is 9.98. The second-order valence-electron chi connectivity index (χ2n) is 5.36. The highest BCUT2D eigenvalue weighted by Gasteiger charge is 2.25. The van der Waals surface area contributed by atoms with Crippen molar-refractivity contribution in [2.24, 2.45) is 0 Å². The van der Waals surface area contributed by atoms with Crippen molar-refractivity contribution in [1.82, 2.24) is 4.98 Å². The zero-order chi connectivity index (χ0) is 13.2. The zero-order valence-electron chi connectivity index (χ0n) is 11.0. The maximum atomic E-state index is 10.7. The largest absolute Gasteiger partial charge is 0.390 e. The molecular weight excluding hydrogens is 228 g/mol. The minimum Gasteiger partial charge on any atom is -0.390 e. The number of anilines is 1. The number of carbonyl (C=O) groups excluding carboxylic acids is 1. The minimum atomic E-state index is -0.564. The lowest BCUT2D eigenvalue weighted by molar-refractivity contribution is 0.0481. The number of aryl methyl sites for hydroxylation is 1. The Kier molecular flexibility index (Phi) is 3.66. The highest BCUT2D eigenvalue weighted by Crippen LogP contribution is 2.26. The molecule has 2 rings (SSSR count). The third-order valence-corrected chi connectivity index (χ3v) is 3.57. The van der Waals surface area contributed by atoms with Gasteiger partial charge in [0.05, 0.1) is 5.60 Å². The first-order chi connectivity index (χ1) is 8.52. The number of hydrogen-bond acceptors (Lipinski definition) is 4. The second kappa shape index (κ2) is 5.06. The molecule has 0 radical (unpaired) electrons. The van der Waals surface area contributed by atoms with Crippen molar-refractivity contribution in [2.75, 3.05) is 18.0 Å². The number of aldehydes is 1. The molecule has 98 valence electrons. The summed E-state index contributed by atoms with van der Waals surface area (Å²) >= 11 is 0. The molecule has 0 bridgehead atoms. The molecule has 4 nitrogen and oxygen atoms in total. The molecule has 1 N–H and O–H groups in total. The summed E-state index contributed by atoms with van der Waals surface area (Å²) in [5, 5.41) is 10.1. The summed E-state index contributed by atoms with van der Waals surface area (Å²) in [6.45, 7) is 5.58. The van der Waals surface area contributed by atoms with Gasteiger partial charge in [-0.25, -0.2) is 4.98 Å². The summed E-state index contributed by atoms with van der Waals surface area (Å²) in [6.07, 6.45) is 4.97. The Morgan fingerprint density at radius 1 is 1.44 bits per heavy atom. The first kappa shape index (κ1) is 13.0. The first-order valence-corrected chi connectivity index (χ1v) is 6.41. The van der Waals surface area contributed by atoms with Crippen molar-refractivity contribution < 1.29 is 9.90 Å². The van der Waals surface area contributed by atoms with Crippen LogP contribution in [0.1, 0.15) is 42.1 Å². The van der Waals surface area contributed by atoms with Gasteiger partial charge in [0.1, 0.15) is 5.82 Å². The standard InChI is InChI=1S/C14H20N2O2/c1-11-8-12(10-17)9-15-13(11)16-6-3-4-14(2,18)5-7-16/h8-10,18H,3-7H2,1-2H3. The fourth-order valence-corrected chi connectivity index (χ4v) is 2.46. The van der Waals surface area contributed by atoms with Crippen LogP contribution >= 0.6 is 0 Å². The molecule has 1 aliphatic rings. The highest BCUT2D eigenvalue weighted by molar-refractivity contribution is 5.75. The van der Waals surface area contributed by atoms with Gasteiger partial charge in [-0.1, -0.05) is 0 Å². The Morgan fingerprint density at radius 3 is 2.89 bits per heavy atom. The fourth-order valence-electron chi connectivity index (χ4n) is 2.46. The van der Waals surface area contributed by atoms with Crippen LogP contribution in [0, 0.1) is 6.92 Å². The molecule has 4 heteroatoms. The van der Waals surface area contributed by atoms with E-state index in [1.807, 2.05) is 19.9 Å². The topological polar surface area (TPSA) is 53.4 Å². The molecular formula is C14H20N2O2. The van der Waals surface area contributed by atoms with Crippen LogP contribution in [-0.2, 0) is 0 Å². The Hall–Kier alpha value is -1.42. The monoisotopic (exact) mass is 248 g/mol. The van der Waals surface area contributed by atoms with Crippen molar-refractivity contribution >= 4 is 12.1 Å². The molecule has 0 aliphatic carbocycles. The minimum absolute atomic E-state index is 0.564. The third-order valence-electron chi connectivity index (χ3n) is 3.57. The second-order valence-corrected chi connectivity index (χ2v) is 5.36. The number of carbonyl (C=O) groups is 1. The molecule has 0 saturated carbocycles. The van der Waals surface area contributed by atoms with Crippen LogP contribution in [0.5, 0.6) is 0 Å². The highest BCUT2D eigenvalue weighted by atomic mass is 16.3. The molecule has 1 unspecified atom stereocenters. The molecule has 1 aromatic heterocycles. The van der Waals surface area contributed by atoms with E-state index in [0.29, 0.717) is 5.56 Å². The van der Waals surface area contributed by atoms with E-state index in [2.05, 4.69) is 9.88 Å².